The first kappa shape index (κ1) is 15.7. The van der Waals surface area contributed by atoms with Crippen LogP contribution in [0.2, 0.25) is 0 Å². The monoisotopic (exact) mass is 346 g/mol. The summed E-state index contributed by atoms with van der Waals surface area (Å²) in [6.07, 6.45) is 3.58. The standard InChI is InChI=1S/C20H18N4S/c1-13(2)14-7-8-16-17(11-14)23-19(15-5-3-9-21-12-15)24-20(22-16)18-6-4-10-25-18/h3-13H,1-2H3,(H,22,23,24). The topological polar surface area (TPSA) is 49.6 Å². The van der Waals surface area contributed by atoms with Crippen LogP contribution in [0.15, 0.2) is 70.2 Å². The summed E-state index contributed by atoms with van der Waals surface area (Å²) in [4.78, 5) is 14.9. The molecule has 124 valence electrons. The summed E-state index contributed by atoms with van der Waals surface area (Å²) in [6.45, 7) is 4.38. The van der Waals surface area contributed by atoms with Crippen molar-refractivity contribution < 1.29 is 0 Å². The lowest BCUT2D eigenvalue weighted by Crippen LogP contribution is -2.15. The van der Waals surface area contributed by atoms with Gasteiger partial charge in [0.05, 0.1) is 16.3 Å². The molecule has 25 heavy (non-hydrogen) atoms. The molecule has 1 aliphatic heterocycles. The van der Waals surface area contributed by atoms with Crippen LogP contribution in [0.3, 0.4) is 0 Å². The van der Waals surface area contributed by atoms with Crippen LogP contribution in [0.25, 0.3) is 0 Å². The first-order valence-electron chi connectivity index (χ1n) is 8.23. The number of hydrogen-bond acceptors (Lipinski definition) is 5. The number of benzene rings is 1. The zero-order valence-corrected chi connectivity index (χ0v) is 14.9. The molecule has 0 unspecified atom stereocenters. The fourth-order valence-corrected chi connectivity index (χ4v) is 3.32. The average molecular weight is 346 g/mol. The predicted octanol–water partition coefficient (Wildman–Crippen LogP) is 5.22. The van der Waals surface area contributed by atoms with Gasteiger partial charge in [-0.25, -0.2) is 9.98 Å². The number of nitrogens with zero attached hydrogens (tertiary/aromatic N) is 3. The van der Waals surface area contributed by atoms with Crippen LogP contribution in [-0.2, 0) is 0 Å². The van der Waals surface area contributed by atoms with Gasteiger partial charge in [0.1, 0.15) is 5.84 Å². The maximum absolute atomic E-state index is 4.81. The van der Waals surface area contributed by atoms with E-state index in [0.29, 0.717) is 5.92 Å². The van der Waals surface area contributed by atoms with Crippen LogP contribution in [0.1, 0.15) is 35.8 Å². The van der Waals surface area contributed by atoms with Crippen LogP contribution in [-0.4, -0.2) is 16.7 Å². The van der Waals surface area contributed by atoms with Gasteiger partial charge in [0.2, 0.25) is 0 Å². The van der Waals surface area contributed by atoms with E-state index in [0.717, 1.165) is 33.5 Å². The van der Waals surface area contributed by atoms with Gasteiger partial charge < -0.3 is 5.32 Å². The average Bonchev–Trinajstić information content (AvgIpc) is 3.09. The van der Waals surface area contributed by atoms with Gasteiger partial charge in [-0.05, 0) is 47.2 Å². The van der Waals surface area contributed by atoms with E-state index in [9.17, 15) is 0 Å². The molecule has 2 aromatic heterocycles. The van der Waals surface area contributed by atoms with Gasteiger partial charge in [-0.3, -0.25) is 4.98 Å². The molecule has 0 bridgehead atoms. The number of aromatic nitrogens is 1. The molecule has 3 heterocycles. The van der Waals surface area contributed by atoms with E-state index in [1.165, 1.54) is 5.56 Å². The molecular formula is C20H18N4S. The largest absolute Gasteiger partial charge is 0.338 e. The number of rotatable bonds is 3. The molecule has 1 aromatic carbocycles. The maximum atomic E-state index is 4.81. The molecular weight excluding hydrogens is 328 g/mol. The van der Waals surface area contributed by atoms with Crippen molar-refractivity contribution in [3.8, 4) is 0 Å². The lowest BCUT2D eigenvalue weighted by molar-refractivity contribution is 0.867. The third-order valence-electron chi connectivity index (χ3n) is 4.06. The Morgan fingerprint density at radius 3 is 2.68 bits per heavy atom. The number of fused-ring (bicyclic) bond motifs is 1. The quantitative estimate of drug-likeness (QED) is 0.707. The second kappa shape index (κ2) is 6.61. The molecule has 4 rings (SSSR count). The Labute approximate surface area is 151 Å². The van der Waals surface area contributed by atoms with Crippen molar-refractivity contribution in [3.63, 3.8) is 0 Å². The van der Waals surface area contributed by atoms with E-state index < -0.39 is 0 Å². The smallest absolute Gasteiger partial charge is 0.172 e. The number of amidine groups is 2. The Kier molecular flexibility index (Phi) is 4.15. The van der Waals surface area contributed by atoms with Gasteiger partial charge in [0.25, 0.3) is 0 Å². The van der Waals surface area contributed by atoms with Crippen molar-refractivity contribution in [2.24, 2.45) is 9.98 Å². The lowest BCUT2D eigenvalue weighted by Gasteiger charge is -2.12. The molecule has 0 fully saturated rings. The molecule has 0 amide bonds. The van der Waals surface area contributed by atoms with Crippen molar-refractivity contribution in [1.29, 1.82) is 0 Å². The molecule has 4 nitrogen and oxygen atoms in total. The summed E-state index contributed by atoms with van der Waals surface area (Å²) in [5.41, 5.74) is 4.08. The summed E-state index contributed by atoms with van der Waals surface area (Å²) >= 11 is 1.64. The van der Waals surface area contributed by atoms with Crippen LogP contribution >= 0.6 is 11.3 Å². The molecule has 0 saturated heterocycles. The summed E-state index contributed by atoms with van der Waals surface area (Å²) in [7, 11) is 0. The van der Waals surface area contributed by atoms with Gasteiger partial charge in [0, 0.05) is 18.0 Å². The van der Waals surface area contributed by atoms with Gasteiger partial charge in [-0.2, -0.15) is 0 Å². The number of pyridine rings is 1. The zero-order chi connectivity index (χ0) is 17.2. The van der Waals surface area contributed by atoms with Crippen molar-refractivity contribution in [3.05, 3.63) is 76.2 Å². The molecule has 1 N–H and O–H groups in total. The highest BCUT2D eigenvalue weighted by molar-refractivity contribution is 7.12. The molecule has 0 atom stereocenters. The van der Waals surface area contributed by atoms with E-state index in [-0.39, 0.29) is 0 Å². The number of thiophene rings is 1. The minimum atomic E-state index is 0.454. The highest BCUT2D eigenvalue weighted by Gasteiger charge is 2.17. The maximum Gasteiger partial charge on any atom is 0.172 e. The Morgan fingerprint density at radius 1 is 1.04 bits per heavy atom. The molecule has 1 aliphatic rings. The van der Waals surface area contributed by atoms with Gasteiger partial charge in [-0.15, -0.1) is 11.3 Å². The van der Waals surface area contributed by atoms with Crippen LogP contribution in [0.5, 0.6) is 0 Å². The lowest BCUT2D eigenvalue weighted by atomic mass is 10.0. The van der Waals surface area contributed by atoms with E-state index >= 15 is 0 Å². The van der Waals surface area contributed by atoms with Crippen molar-refractivity contribution >= 4 is 34.4 Å². The minimum absolute atomic E-state index is 0.454. The second-order valence-corrected chi connectivity index (χ2v) is 7.12. The van der Waals surface area contributed by atoms with E-state index in [4.69, 9.17) is 9.98 Å². The first-order valence-corrected chi connectivity index (χ1v) is 9.11. The molecule has 0 radical (unpaired) electrons. The number of nitrogens with one attached hydrogen (secondary N) is 1. The second-order valence-electron chi connectivity index (χ2n) is 6.17. The van der Waals surface area contributed by atoms with Crippen molar-refractivity contribution in [2.75, 3.05) is 5.32 Å². The molecule has 0 aliphatic carbocycles. The predicted molar refractivity (Wildman–Crippen MR) is 105 cm³/mol. The van der Waals surface area contributed by atoms with Crippen molar-refractivity contribution in [2.45, 2.75) is 19.8 Å². The molecule has 3 aromatic rings. The van der Waals surface area contributed by atoms with Crippen LogP contribution in [0, 0.1) is 0 Å². The Balaban J connectivity index is 1.87. The van der Waals surface area contributed by atoms with E-state index in [1.54, 1.807) is 17.5 Å². The van der Waals surface area contributed by atoms with Crippen LogP contribution < -0.4 is 5.32 Å². The third-order valence-corrected chi connectivity index (χ3v) is 4.93. The Morgan fingerprint density at radius 2 is 1.96 bits per heavy atom. The number of anilines is 1. The zero-order valence-electron chi connectivity index (χ0n) is 14.1. The fraction of sp³-hybridized carbons (Fsp3) is 0.150. The summed E-state index contributed by atoms with van der Waals surface area (Å²) in [6, 6.07) is 14.3. The normalized spacial score (nSPS) is 13.6. The summed E-state index contributed by atoms with van der Waals surface area (Å²) in [5, 5.41) is 5.50. The minimum Gasteiger partial charge on any atom is -0.338 e. The Bertz CT molecular complexity index is 941. The van der Waals surface area contributed by atoms with Gasteiger partial charge in [0.15, 0.2) is 5.84 Å². The number of hydrogen-bond donors (Lipinski definition) is 1. The van der Waals surface area contributed by atoms with Gasteiger partial charge >= 0.3 is 0 Å². The summed E-state index contributed by atoms with van der Waals surface area (Å²) in [5.74, 6) is 1.94. The molecule has 0 spiro atoms. The van der Waals surface area contributed by atoms with Crippen molar-refractivity contribution in [1.82, 2.24) is 4.98 Å². The third kappa shape index (κ3) is 3.23. The first-order chi connectivity index (χ1) is 12.2. The highest BCUT2D eigenvalue weighted by atomic mass is 32.1. The SMILES string of the molecule is CC(C)c1ccc2c(c1)NC(c1cccnc1)=NC(c1cccs1)=N2. The fourth-order valence-electron chi connectivity index (χ4n) is 2.67. The molecule has 5 heteroatoms. The van der Waals surface area contributed by atoms with E-state index in [2.05, 4.69) is 42.3 Å². The summed E-state index contributed by atoms with van der Waals surface area (Å²) < 4.78 is 0. The number of aliphatic imine (C=N–C) groups is 2. The van der Waals surface area contributed by atoms with Gasteiger partial charge in [-0.1, -0.05) is 26.0 Å². The molecule has 0 saturated carbocycles. The van der Waals surface area contributed by atoms with E-state index in [1.807, 2.05) is 35.8 Å². The highest BCUT2D eigenvalue weighted by Crippen LogP contribution is 2.32. The Hall–Kier alpha value is -2.79. The van der Waals surface area contributed by atoms with Crippen LogP contribution in [0.4, 0.5) is 11.4 Å².